The Hall–Kier alpha value is -2.38. The Morgan fingerprint density at radius 3 is 2.51 bits per heavy atom. The van der Waals surface area contributed by atoms with Gasteiger partial charge in [0.2, 0.25) is 0 Å². The molecule has 6 nitrogen and oxygen atoms in total. The minimum Gasteiger partial charge on any atom is -0.489 e. The first-order valence-corrected chi connectivity index (χ1v) is 15.3. The van der Waals surface area contributed by atoms with Gasteiger partial charge in [-0.05, 0) is 42.5 Å². The molecule has 0 N–H and O–H groups in total. The van der Waals surface area contributed by atoms with Crippen LogP contribution < -0.4 is 0 Å². The molecule has 1 spiro atoms. The van der Waals surface area contributed by atoms with Crippen LogP contribution in [0.1, 0.15) is 46.1 Å². The van der Waals surface area contributed by atoms with Crippen molar-refractivity contribution in [3.05, 3.63) is 60.4 Å². The van der Waals surface area contributed by atoms with Crippen LogP contribution in [0, 0.1) is 17.8 Å². The van der Waals surface area contributed by atoms with Crippen molar-refractivity contribution in [3.8, 4) is 0 Å². The van der Waals surface area contributed by atoms with E-state index in [0.29, 0.717) is 25.2 Å². The predicted molar refractivity (Wildman–Crippen MR) is 138 cm³/mol. The molecule has 1 aliphatic heterocycles. The van der Waals surface area contributed by atoms with Crippen LogP contribution in [0.15, 0.2) is 54.8 Å². The Kier molecular flexibility index (Phi) is 8.01. The maximum absolute atomic E-state index is 12.7. The van der Waals surface area contributed by atoms with E-state index in [1.165, 1.54) is 13.2 Å². The fourth-order valence-corrected chi connectivity index (χ4v) is 6.24. The molecule has 5 atom stereocenters. The number of carbonyl (C=O) groups excluding carboxylic acids is 2. The molecular formula is C28H40O6Si. The highest BCUT2D eigenvalue weighted by molar-refractivity contribution is 6.74. The van der Waals surface area contributed by atoms with Crippen molar-refractivity contribution < 1.29 is 28.2 Å². The second kappa shape index (κ2) is 10.3. The summed E-state index contributed by atoms with van der Waals surface area (Å²) >= 11 is 0. The number of hydrogen-bond donors (Lipinski definition) is 0. The monoisotopic (exact) mass is 500 g/mol. The number of hydrogen-bond acceptors (Lipinski definition) is 6. The summed E-state index contributed by atoms with van der Waals surface area (Å²) < 4.78 is 24.3. The van der Waals surface area contributed by atoms with Gasteiger partial charge in [0.05, 0.1) is 25.2 Å². The van der Waals surface area contributed by atoms with Crippen LogP contribution in [-0.2, 0) is 34.8 Å². The molecule has 2 aliphatic rings. The van der Waals surface area contributed by atoms with Crippen molar-refractivity contribution in [1.29, 1.82) is 0 Å². The van der Waals surface area contributed by atoms with Crippen molar-refractivity contribution in [1.82, 2.24) is 0 Å². The maximum atomic E-state index is 12.7. The van der Waals surface area contributed by atoms with E-state index in [9.17, 15) is 9.59 Å². The van der Waals surface area contributed by atoms with E-state index >= 15 is 0 Å². The summed E-state index contributed by atoms with van der Waals surface area (Å²) in [6.45, 7) is 17.3. The first-order valence-electron chi connectivity index (χ1n) is 12.3. The molecule has 7 heteroatoms. The lowest BCUT2D eigenvalue weighted by Gasteiger charge is -2.50. The van der Waals surface area contributed by atoms with Gasteiger partial charge in [0.15, 0.2) is 13.9 Å². The van der Waals surface area contributed by atoms with Crippen LogP contribution in [0.2, 0.25) is 18.1 Å². The number of esters is 2. The van der Waals surface area contributed by atoms with Crippen LogP contribution in [0.4, 0.5) is 0 Å². The normalized spacial score (nSPS) is 27.7. The van der Waals surface area contributed by atoms with Crippen LogP contribution in [0.5, 0.6) is 0 Å². The van der Waals surface area contributed by atoms with Crippen molar-refractivity contribution in [3.63, 3.8) is 0 Å². The molecule has 192 valence electrons. The van der Waals surface area contributed by atoms with E-state index in [-0.39, 0.29) is 28.8 Å². The highest BCUT2D eigenvalue weighted by Crippen LogP contribution is 2.53. The third-order valence-corrected chi connectivity index (χ3v) is 12.4. The van der Waals surface area contributed by atoms with Crippen LogP contribution in [-0.4, -0.2) is 39.1 Å². The number of methoxy groups -OCH3 is 1. The van der Waals surface area contributed by atoms with Crippen LogP contribution in [0.3, 0.4) is 0 Å². The third-order valence-electron chi connectivity index (χ3n) is 7.97. The van der Waals surface area contributed by atoms with Gasteiger partial charge in [-0.2, -0.15) is 0 Å². The van der Waals surface area contributed by atoms with E-state index in [1.807, 2.05) is 37.3 Å². The molecule has 0 bridgehead atoms. The molecule has 1 aromatic rings. The molecule has 0 amide bonds. The largest absolute Gasteiger partial charge is 0.489 e. The lowest BCUT2D eigenvalue weighted by atomic mass is 9.63. The Morgan fingerprint density at radius 2 is 1.94 bits per heavy atom. The average molecular weight is 501 g/mol. The Bertz CT molecular complexity index is 963. The lowest BCUT2D eigenvalue weighted by molar-refractivity contribution is -0.174. The summed E-state index contributed by atoms with van der Waals surface area (Å²) in [6.07, 6.45) is 3.70. The zero-order valence-electron chi connectivity index (χ0n) is 22.1. The molecule has 1 heterocycles. The molecule has 1 aliphatic carbocycles. The van der Waals surface area contributed by atoms with Gasteiger partial charge in [0.1, 0.15) is 12.4 Å². The molecular weight excluding hydrogens is 460 g/mol. The third kappa shape index (κ3) is 5.56. The van der Waals surface area contributed by atoms with Gasteiger partial charge in [-0.15, -0.1) is 6.58 Å². The van der Waals surface area contributed by atoms with Gasteiger partial charge in [0, 0.05) is 5.92 Å². The molecule has 0 saturated heterocycles. The summed E-state index contributed by atoms with van der Waals surface area (Å²) in [5.41, 5.74) is -0.0367. The summed E-state index contributed by atoms with van der Waals surface area (Å²) in [5.74, 6) is -0.952. The van der Waals surface area contributed by atoms with E-state index < -0.39 is 26.0 Å². The highest BCUT2D eigenvalue weighted by Gasteiger charge is 2.60. The topological polar surface area (TPSA) is 71.1 Å². The minimum absolute atomic E-state index is 0.0278. The smallest absolute Gasteiger partial charge is 0.335 e. The first-order chi connectivity index (χ1) is 16.3. The fourth-order valence-electron chi connectivity index (χ4n) is 4.95. The molecule has 1 fully saturated rings. The number of carbonyl (C=O) groups is 2. The molecule has 1 saturated carbocycles. The Labute approximate surface area is 210 Å². The minimum atomic E-state index is -2.21. The van der Waals surface area contributed by atoms with Gasteiger partial charge in [0.25, 0.3) is 0 Å². The van der Waals surface area contributed by atoms with Crippen molar-refractivity contribution in [2.75, 3.05) is 7.11 Å². The summed E-state index contributed by atoms with van der Waals surface area (Å²) in [5, 5.41) is -0.0278. The first kappa shape index (κ1) is 27.2. The highest BCUT2D eigenvalue weighted by atomic mass is 28.4. The van der Waals surface area contributed by atoms with Crippen LogP contribution in [0.25, 0.3) is 0 Å². The molecule has 35 heavy (non-hydrogen) atoms. The van der Waals surface area contributed by atoms with E-state index in [4.69, 9.17) is 18.6 Å². The Balaban J connectivity index is 2.01. The quantitative estimate of drug-likeness (QED) is 0.255. The lowest BCUT2D eigenvalue weighted by Crippen LogP contribution is -2.56. The second-order valence-electron chi connectivity index (χ2n) is 11.3. The second-order valence-corrected chi connectivity index (χ2v) is 16.1. The molecule has 1 unspecified atom stereocenters. The van der Waals surface area contributed by atoms with E-state index in [1.54, 1.807) is 6.08 Å². The van der Waals surface area contributed by atoms with Gasteiger partial charge in [-0.3, -0.25) is 4.79 Å². The number of benzene rings is 1. The Morgan fingerprint density at radius 1 is 1.29 bits per heavy atom. The predicted octanol–water partition coefficient (Wildman–Crippen LogP) is 5.79. The van der Waals surface area contributed by atoms with E-state index in [2.05, 4.69) is 40.4 Å². The summed E-state index contributed by atoms with van der Waals surface area (Å²) in [7, 11) is -0.801. The SMILES string of the molecule is C=CC(O[Si](C)(C)C(C)(C)C)[C@@H]1C[C@@H](C(=O)OC)[C@H](C)C[C@]12OC(=O)C=C2OCc1ccccc1. The molecule has 0 radical (unpaired) electrons. The summed E-state index contributed by atoms with van der Waals surface area (Å²) in [6, 6.07) is 9.81. The molecule has 1 aromatic carbocycles. The molecule has 3 rings (SSSR count). The van der Waals surface area contributed by atoms with Crippen molar-refractivity contribution in [2.24, 2.45) is 17.8 Å². The van der Waals surface area contributed by atoms with Gasteiger partial charge in [-0.1, -0.05) is 64.1 Å². The van der Waals surface area contributed by atoms with Crippen LogP contribution >= 0.6 is 0 Å². The standard InChI is InChI=1S/C28H40O6Si/c1-9-23(34-35(7,8)27(3,4)5)22-15-21(26(30)31-6)19(2)17-28(22)24(16-25(29)33-28)32-18-20-13-11-10-12-14-20/h9-14,16,19,21-23H,1,15,17-18H2,2-8H3/t19-,21-,22+,23?,28+/m1/s1. The zero-order chi connectivity index (χ0) is 26.0. The van der Waals surface area contributed by atoms with Gasteiger partial charge in [-0.25, -0.2) is 4.79 Å². The van der Waals surface area contributed by atoms with E-state index in [0.717, 1.165) is 5.56 Å². The fraction of sp³-hybridized carbons (Fsp3) is 0.571. The maximum Gasteiger partial charge on any atom is 0.335 e. The van der Waals surface area contributed by atoms with Crippen molar-refractivity contribution in [2.45, 2.75) is 77.0 Å². The zero-order valence-corrected chi connectivity index (χ0v) is 23.1. The number of rotatable bonds is 8. The van der Waals surface area contributed by atoms with Gasteiger partial charge < -0.3 is 18.6 Å². The average Bonchev–Trinajstić information content (AvgIpc) is 3.10. The molecule has 0 aromatic heterocycles. The van der Waals surface area contributed by atoms with Gasteiger partial charge >= 0.3 is 11.9 Å². The number of ether oxygens (including phenoxy) is 3. The summed E-state index contributed by atoms with van der Waals surface area (Å²) in [4.78, 5) is 25.4. The van der Waals surface area contributed by atoms with Crippen molar-refractivity contribution >= 4 is 20.3 Å².